The molecule has 148 valence electrons. The van der Waals surface area contributed by atoms with Crippen molar-refractivity contribution in [3.8, 4) is 0 Å². The van der Waals surface area contributed by atoms with E-state index >= 15 is 0 Å². The quantitative estimate of drug-likeness (QED) is 0.0592. The molecule has 0 unspecified atom stereocenters. The molecule has 2 amide bonds. The van der Waals surface area contributed by atoms with Crippen LogP contribution in [-0.2, 0) is 9.59 Å². The lowest BCUT2D eigenvalue weighted by atomic mass is 9.75. The fourth-order valence-corrected chi connectivity index (χ4v) is 2.18. The van der Waals surface area contributed by atoms with Crippen molar-refractivity contribution < 1.29 is 24.7 Å². The van der Waals surface area contributed by atoms with Gasteiger partial charge in [0.15, 0.2) is 5.03 Å². The first-order chi connectivity index (χ1) is 12.0. The number of nitrogens with one attached hydrogen (secondary N) is 3. The average molecular weight is 374 g/mol. The van der Waals surface area contributed by atoms with Gasteiger partial charge >= 0.3 is 7.12 Å². The summed E-state index contributed by atoms with van der Waals surface area (Å²) in [6, 6.07) is -0.902. The zero-order chi connectivity index (χ0) is 20.3. The Hall–Kier alpha value is -2.41. The maximum Gasteiger partial charge on any atom is 0.475 e. The number of hydrogen-bond donors (Lipinski definition) is 6. The first-order valence-electron chi connectivity index (χ1n) is 8.17. The Bertz CT molecular complexity index is 515. The molecule has 0 fully saturated rings. The number of nitro groups is 1. The van der Waals surface area contributed by atoms with Gasteiger partial charge in [-0.25, -0.2) is 15.1 Å². The Morgan fingerprint density at radius 2 is 1.92 bits per heavy atom. The van der Waals surface area contributed by atoms with E-state index in [1.807, 2.05) is 13.8 Å². The van der Waals surface area contributed by atoms with Crippen molar-refractivity contribution in [1.29, 1.82) is 0 Å². The summed E-state index contributed by atoms with van der Waals surface area (Å²) in [5, 5.41) is 33.1. The van der Waals surface area contributed by atoms with E-state index in [1.165, 1.54) is 6.92 Å². The molecule has 0 saturated carbocycles. The second kappa shape index (κ2) is 12.0. The van der Waals surface area contributed by atoms with Crippen LogP contribution >= 0.6 is 0 Å². The number of aliphatic imine (C=N–C) groups is 1. The van der Waals surface area contributed by atoms with E-state index in [1.54, 1.807) is 5.43 Å². The van der Waals surface area contributed by atoms with Crippen LogP contribution in [0.25, 0.3) is 0 Å². The highest BCUT2D eigenvalue weighted by molar-refractivity contribution is 6.43. The summed E-state index contributed by atoms with van der Waals surface area (Å²) in [6.07, 6.45) is 0.856. The van der Waals surface area contributed by atoms with Gasteiger partial charge in [0.1, 0.15) is 6.04 Å². The monoisotopic (exact) mass is 374 g/mol. The molecule has 0 spiro atoms. The van der Waals surface area contributed by atoms with Gasteiger partial charge in [-0.15, -0.1) is 0 Å². The molecule has 0 aliphatic rings. The molecule has 0 rings (SSSR count). The molecule has 0 aromatic carbocycles. The maximum atomic E-state index is 12.3. The summed E-state index contributed by atoms with van der Waals surface area (Å²) < 4.78 is 0. The Morgan fingerprint density at radius 1 is 1.31 bits per heavy atom. The van der Waals surface area contributed by atoms with Gasteiger partial charge < -0.3 is 26.4 Å². The smallest absolute Gasteiger partial charge is 0.426 e. The number of hydrogen-bond acceptors (Lipinski definition) is 7. The number of carbonyl (C=O) groups excluding carboxylic acids is 2. The molecule has 2 atom stereocenters. The van der Waals surface area contributed by atoms with Crippen LogP contribution in [0.4, 0.5) is 0 Å². The van der Waals surface area contributed by atoms with E-state index in [9.17, 15) is 29.8 Å². The van der Waals surface area contributed by atoms with Crippen molar-refractivity contribution >= 4 is 24.9 Å². The van der Waals surface area contributed by atoms with Crippen LogP contribution in [0, 0.1) is 16.0 Å². The lowest BCUT2D eigenvalue weighted by Gasteiger charge is -2.23. The van der Waals surface area contributed by atoms with Gasteiger partial charge in [0.25, 0.3) is 5.96 Å². The van der Waals surface area contributed by atoms with E-state index < -0.39 is 35.9 Å². The molecule has 0 saturated heterocycles. The normalized spacial score (nSPS) is 13.7. The van der Waals surface area contributed by atoms with Crippen molar-refractivity contribution in [1.82, 2.24) is 16.1 Å². The zero-order valence-electron chi connectivity index (χ0n) is 15.1. The van der Waals surface area contributed by atoms with Gasteiger partial charge in [-0.2, -0.15) is 0 Å². The second-order valence-corrected chi connectivity index (χ2v) is 6.19. The van der Waals surface area contributed by atoms with Crippen molar-refractivity contribution in [2.45, 2.75) is 52.0 Å². The predicted molar refractivity (Wildman–Crippen MR) is 95.0 cm³/mol. The molecule has 26 heavy (non-hydrogen) atoms. The molecule has 0 aromatic heterocycles. The fraction of sp³-hybridized carbons (Fsp3) is 0.769. The van der Waals surface area contributed by atoms with E-state index in [-0.39, 0.29) is 24.8 Å². The molecule has 0 aliphatic carbocycles. The molecule has 0 heterocycles. The van der Waals surface area contributed by atoms with Gasteiger partial charge in [0.05, 0.1) is 5.94 Å². The SMILES string of the molecule is CC(=O)N[C@@H](CCCN=C(N)N[N+](=O)[O-])C(=O)N[C@@H](CC(C)C)B(O)O. The molecule has 7 N–H and O–H groups in total. The highest BCUT2D eigenvalue weighted by atomic mass is 16.7. The van der Waals surface area contributed by atoms with Crippen LogP contribution in [0.1, 0.15) is 40.0 Å². The fourth-order valence-electron chi connectivity index (χ4n) is 2.18. The Morgan fingerprint density at radius 3 is 2.38 bits per heavy atom. The van der Waals surface area contributed by atoms with E-state index in [2.05, 4.69) is 15.6 Å². The Kier molecular flexibility index (Phi) is 10.9. The molecule has 13 heteroatoms. The van der Waals surface area contributed by atoms with Gasteiger partial charge in [-0.3, -0.25) is 9.59 Å². The third-order valence-corrected chi connectivity index (χ3v) is 3.25. The topological polar surface area (TPSA) is 192 Å². The molecule has 0 aromatic rings. The lowest BCUT2D eigenvalue weighted by molar-refractivity contribution is -0.525. The minimum absolute atomic E-state index is 0.105. The molecule has 12 nitrogen and oxygen atoms in total. The summed E-state index contributed by atoms with van der Waals surface area (Å²) in [6.45, 7) is 5.10. The molecule has 0 aliphatic heterocycles. The third-order valence-electron chi connectivity index (χ3n) is 3.25. The second-order valence-electron chi connectivity index (χ2n) is 6.19. The van der Waals surface area contributed by atoms with Crippen LogP contribution in [-0.4, -0.2) is 58.5 Å². The average Bonchev–Trinajstić information content (AvgIpc) is 2.47. The van der Waals surface area contributed by atoms with Gasteiger partial charge in [-0.05, 0) is 25.2 Å². The molecule has 0 bridgehead atoms. The Labute approximate surface area is 151 Å². The minimum atomic E-state index is -1.73. The van der Waals surface area contributed by atoms with Crippen LogP contribution in [0.5, 0.6) is 0 Å². The van der Waals surface area contributed by atoms with Crippen LogP contribution in [0.15, 0.2) is 4.99 Å². The highest BCUT2D eigenvalue weighted by Gasteiger charge is 2.29. The number of nitrogens with zero attached hydrogens (tertiary/aromatic N) is 2. The summed E-state index contributed by atoms with van der Waals surface area (Å²) in [5.74, 6) is -2.09. The van der Waals surface area contributed by atoms with Gasteiger partial charge in [-0.1, -0.05) is 19.3 Å². The van der Waals surface area contributed by atoms with E-state index in [4.69, 9.17) is 5.73 Å². The standard InChI is InChI=1S/C13H27BN6O6/c1-8(2)7-11(14(23)24)18-12(22)10(17-9(3)21)5-4-6-16-13(15)19-20(25)26/h8,10-11,23-24H,4-7H2,1-3H3,(H,17,21)(H,18,22)(H3,15,16,19)/t10-,11-/m0/s1. The first-order valence-corrected chi connectivity index (χ1v) is 8.17. The Balaban J connectivity index is 4.73. The first kappa shape index (κ1) is 23.6. The number of guanidine groups is 1. The summed E-state index contributed by atoms with van der Waals surface area (Å²) >= 11 is 0. The molecular formula is C13H27BN6O6. The number of hydrazine groups is 1. The van der Waals surface area contributed by atoms with Gasteiger partial charge in [0.2, 0.25) is 11.8 Å². The number of nitrogens with two attached hydrogens (primary N) is 1. The predicted octanol–water partition coefficient (Wildman–Crippen LogP) is -2.09. The number of amides is 2. The lowest BCUT2D eigenvalue weighted by Crippen LogP contribution is -2.54. The van der Waals surface area contributed by atoms with Crippen LogP contribution in [0.2, 0.25) is 0 Å². The van der Waals surface area contributed by atoms with Crippen LogP contribution < -0.4 is 21.8 Å². The van der Waals surface area contributed by atoms with Crippen molar-refractivity contribution in [2.75, 3.05) is 6.54 Å². The largest absolute Gasteiger partial charge is 0.475 e. The number of rotatable bonds is 11. The summed E-state index contributed by atoms with van der Waals surface area (Å²) in [5.41, 5.74) is 6.96. The van der Waals surface area contributed by atoms with Crippen molar-refractivity contribution in [2.24, 2.45) is 16.6 Å². The van der Waals surface area contributed by atoms with E-state index in [0.29, 0.717) is 12.8 Å². The number of carbonyl (C=O) groups is 2. The highest BCUT2D eigenvalue weighted by Crippen LogP contribution is 2.07. The van der Waals surface area contributed by atoms with Crippen LogP contribution in [0.3, 0.4) is 0 Å². The summed E-state index contributed by atoms with van der Waals surface area (Å²) in [7, 11) is -1.73. The third kappa shape index (κ3) is 11.2. The van der Waals surface area contributed by atoms with Crippen molar-refractivity contribution in [3.63, 3.8) is 0 Å². The zero-order valence-corrected chi connectivity index (χ0v) is 15.1. The maximum absolute atomic E-state index is 12.3. The molecule has 0 radical (unpaired) electrons. The van der Waals surface area contributed by atoms with E-state index in [0.717, 1.165) is 0 Å². The summed E-state index contributed by atoms with van der Waals surface area (Å²) in [4.78, 5) is 37.5. The minimum Gasteiger partial charge on any atom is -0.426 e. The van der Waals surface area contributed by atoms with Crippen molar-refractivity contribution in [3.05, 3.63) is 10.1 Å². The van der Waals surface area contributed by atoms with Gasteiger partial charge in [0, 0.05) is 13.5 Å². The molecular weight excluding hydrogens is 347 g/mol.